The van der Waals surface area contributed by atoms with Gasteiger partial charge in [-0.05, 0) is 25.0 Å². The first-order chi connectivity index (χ1) is 11.7. The van der Waals surface area contributed by atoms with Crippen LogP contribution in [0.1, 0.15) is 32.1 Å². The van der Waals surface area contributed by atoms with Gasteiger partial charge in [-0.2, -0.15) is 0 Å². The molecule has 1 aliphatic carbocycles. The fourth-order valence-corrected chi connectivity index (χ4v) is 5.88. The van der Waals surface area contributed by atoms with Gasteiger partial charge in [0.25, 0.3) is 0 Å². The molecule has 1 saturated heterocycles. The van der Waals surface area contributed by atoms with Crippen LogP contribution in [0.2, 0.25) is 4.34 Å². The highest BCUT2D eigenvalue weighted by Crippen LogP contribution is 2.41. The molecule has 0 spiro atoms. The number of thiophene rings is 1. The Morgan fingerprint density at radius 3 is 2.46 bits per heavy atom. The number of anilines is 2. The van der Waals surface area contributed by atoms with E-state index in [1.54, 1.807) is 22.7 Å². The van der Waals surface area contributed by atoms with Crippen LogP contribution in [0.5, 0.6) is 0 Å². The van der Waals surface area contributed by atoms with Crippen molar-refractivity contribution in [3.63, 3.8) is 0 Å². The fraction of sp³-hybridized carbons (Fsp3) is 0.588. The Morgan fingerprint density at radius 2 is 1.79 bits per heavy atom. The van der Waals surface area contributed by atoms with Crippen LogP contribution in [0, 0.1) is 0 Å². The number of nitrogen functional groups attached to an aromatic ring is 1. The Labute approximate surface area is 156 Å². The van der Waals surface area contributed by atoms with Crippen LogP contribution in [0.4, 0.5) is 10.1 Å². The fourth-order valence-electron chi connectivity index (χ4n) is 3.88. The zero-order valence-corrected chi connectivity index (χ0v) is 16.1. The third-order valence-electron chi connectivity index (χ3n) is 5.12. The molecule has 0 atom stereocenters. The van der Waals surface area contributed by atoms with Crippen LogP contribution in [-0.4, -0.2) is 42.1 Å². The lowest BCUT2D eigenvalue weighted by Crippen LogP contribution is -2.50. The van der Waals surface area contributed by atoms with Gasteiger partial charge in [0, 0.05) is 32.2 Å². The lowest BCUT2D eigenvalue weighted by molar-refractivity contribution is 0.148. The molecule has 0 bridgehead atoms. The van der Waals surface area contributed by atoms with Crippen LogP contribution in [0.3, 0.4) is 0 Å². The zero-order valence-electron chi connectivity index (χ0n) is 13.7. The lowest BCUT2D eigenvalue weighted by atomic mass is 9.94. The monoisotopic (exact) mass is 382 g/mol. The highest BCUT2D eigenvalue weighted by molar-refractivity contribution is 7.22. The summed E-state index contributed by atoms with van der Waals surface area (Å²) in [4.78, 5) is 10.8. The number of nitrogens with two attached hydrogens (primary N) is 1. The average Bonchev–Trinajstić information content (AvgIpc) is 3.21. The number of rotatable bonds is 3. The molecule has 2 aromatic rings. The summed E-state index contributed by atoms with van der Waals surface area (Å²) < 4.78 is 0.796. The van der Waals surface area contributed by atoms with Crippen molar-refractivity contribution >= 4 is 44.4 Å². The minimum atomic E-state index is 0.638. The molecule has 0 aromatic carbocycles. The highest BCUT2D eigenvalue weighted by Gasteiger charge is 2.27. The minimum Gasteiger partial charge on any atom is -0.375 e. The second-order valence-corrected chi connectivity index (χ2v) is 9.35. The Bertz CT molecular complexity index is 685. The molecule has 0 amide bonds. The normalized spacial score (nSPS) is 20.6. The van der Waals surface area contributed by atoms with E-state index in [0.29, 0.717) is 5.13 Å². The molecule has 2 aromatic heterocycles. The average molecular weight is 383 g/mol. The van der Waals surface area contributed by atoms with Crippen molar-refractivity contribution in [1.29, 1.82) is 0 Å². The maximum absolute atomic E-state index is 6.10. The van der Waals surface area contributed by atoms with Crippen molar-refractivity contribution in [3.8, 4) is 10.6 Å². The third-order valence-corrected chi connectivity index (χ3v) is 7.31. The molecular weight excluding hydrogens is 360 g/mol. The van der Waals surface area contributed by atoms with Gasteiger partial charge in [0.15, 0.2) is 5.13 Å². The van der Waals surface area contributed by atoms with E-state index >= 15 is 0 Å². The van der Waals surface area contributed by atoms with Gasteiger partial charge in [0.2, 0.25) is 0 Å². The molecule has 0 unspecified atom stereocenters. The quantitative estimate of drug-likeness (QED) is 0.844. The first kappa shape index (κ1) is 16.6. The molecule has 4 nitrogen and oxygen atoms in total. The van der Waals surface area contributed by atoms with Gasteiger partial charge in [-0.3, -0.25) is 4.90 Å². The van der Waals surface area contributed by atoms with Gasteiger partial charge in [-0.1, -0.05) is 42.2 Å². The van der Waals surface area contributed by atoms with Crippen LogP contribution < -0.4 is 10.6 Å². The van der Waals surface area contributed by atoms with Crippen molar-refractivity contribution in [3.05, 3.63) is 16.5 Å². The Balaban J connectivity index is 1.47. The topological polar surface area (TPSA) is 45.4 Å². The maximum Gasteiger partial charge on any atom is 0.182 e. The van der Waals surface area contributed by atoms with Gasteiger partial charge in [0.05, 0.1) is 9.21 Å². The summed E-state index contributed by atoms with van der Waals surface area (Å²) in [5, 5.41) is 1.84. The van der Waals surface area contributed by atoms with Gasteiger partial charge in [0.1, 0.15) is 10.7 Å². The summed E-state index contributed by atoms with van der Waals surface area (Å²) in [6, 6.07) is 4.79. The van der Waals surface area contributed by atoms with Crippen molar-refractivity contribution in [2.75, 3.05) is 36.8 Å². The smallest absolute Gasteiger partial charge is 0.182 e. The SMILES string of the molecule is Nc1nc(-c2ccc(Cl)s2)c(N2CCN(C3CCCCC3)CC2)s1. The predicted octanol–water partition coefficient (Wildman–Crippen LogP) is 4.56. The summed E-state index contributed by atoms with van der Waals surface area (Å²) >= 11 is 9.27. The van der Waals surface area contributed by atoms with Crippen LogP contribution in [0.25, 0.3) is 10.6 Å². The first-order valence-electron chi connectivity index (χ1n) is 8.72. The van der Waals surface area contributed by atoms with Crippen molar-refractivity contribution in [1.82, 2.24) is 9.88 Å². The van der Waals surface area contributed by atoms with E-state index in [1.165, 1.54) is 37.1 Å². The van der Waals surface area contributed by atoms with Crippen molar-refractivity contribution in [2.45, 2.75) is 38.1 Å². The molecule has 2 aliphatic rings. The van der Waals surface area contributed by atoms with E-state index in [4.69, 9.17) is 17.3 Å². The van der Waals surface area contributed by atoms with Crippen LogP contribution in [-0.2, 0) is 0 Å². The molecule has 4 rings (SSSR count). The lowest BCUT2D eigenvalue weighted by Gasteiger charge is -2.41. The van der Waals surface area contributed by atoms with E-state index in [1.807, 2.05) is 12.1 Å². The summed E-state index contributed by atoms with van der Waals surface area (Å²) in [7, 11) is 0. The minimum absolute atomic E-state index is 0.638. The van der Waals surface area contributed by atoms with E-state index in [2.05, 4.69) is 14.8 Å². The van der Waals surface area contributed by atoms with Crippen LogP contribution in [0.15, 0.2) is 12.1 Å². The maximum atomic E-state index is 6.10. The molecule has 1 saturated carbocycles. The highest BCUT2D eigenvalue weighted by atomic mass is 35.5. The first-order valence-corrected chi connectivity index (χ1v) is 10.7. The zero-order chi connectivity index (χ0) is 16.5. The molecule has 2 N–H and O–H groups in total. The summed E-state index contributed by atoms with van der Waals surface area (Å²) in [5.41, 5.74) is 7.02. The largest absolute Gasteiger partial charge is 0.375 e. The standard InChI is InChI=1S/C17H23ClN4S2/c18-14-7-6-13(23-14)15-16(24-17(19)20-15)22-10-8-21(9-11-22)12-4-2-1-3-5-12/h6-7,12H,1-5,8-11H2,(H2,19,20). The number of aromatic nitrogens is 1. The molecule has 24 heavy (non-hydrogen) atoms. The van der Waals surface area contributed by atoms with E-state index in [9.17, 15) is 0 Å². The molecule has 1 aliphatic heterocycles. The second-order valence-electron chi connectivity index (χ2n) is 6.62. The molecule has 130 valence electrons. The number of nitrogens with zero attached hydrogens (tertiary/aromatic N) is 3. The number of thiazole rings is 1. The number of hydrogen-bond acceptors (Lipinski definition) is 6. The van der Waals surface area contributed by atoms with Gasteiger partial charge in [-0.25, -0.2) is 4.98 Å². The van der Waals surface area contributed by atoms with E-state index in [0.717, 1.165) is 47.1 Å². The van der Waals surface area contributed by atoms with Gasteiger partial charge >= 0.3 is 0 Å². The Kier molecular flexibility index (Phi) is 4.99. The Morgan fingerprint density at radius 1 is 1.04 bits per heavy atom. The summed E-state index contributed by atoms with van der Waals surface area (Å²) in [6.45, 7) is 4.41. The second kappa shape index (κ2) is 7.20. The molecule has 3 heterocycles. The molecule has 2 fully saturated rings. The summed E-state index contributed by atoms with van der Waals surface area (Å²) in [6.07, 6.45) is 6.99. The number of halogens is 1. The summed E-state index contributed by atoms with van der Waals surface area (Å²) in [5.74, 6) is 0. The predicted molar refractivity (Wildman–Crippen MR) is 106 cm³/mol. The number of piperazine rings is 1. The van der Waals surface area contributed by atoms with Crippen molar-refractivity contribution < 1.29 is 0 Å². The third kappa shape index (κ3) is 3.43. The Hall–Kier alpha value is -0.820. The molecular formula is C17H23ClN4S2. The van der Waals surface area contributed by atoms with E-state index in [-0.39, 0.29) is 0 Å². The molecule has 0 radical (unpaired) electrons. The van der Waals surface area contributed by atoms with Gasteiger partial charge in [-0.15, -0.1) is 11.3 Å². The molecule has 7 heteroatoms. The van der Waals surface area contributed by atoms with Crippen LogP contribution >= 0.6 is 34.3 Å². The van der Waals surface area contributed by atoms with E-state index < -0.39 is 0 Å². The van der Waals surface area contributed by atoms with Crippen molar-refractivity contribution in [2.24, 2.45) is 0 Å². The number of hydrogen-bond donors (Lipinski definition) is 1. The van der Waals surface area contributed by atoms with Gasteiger partial charge < -0.3 is 10.6 Å².